The van der Waals surface area contributed by atoms with E-state index in [1.165, 1.54) is 6.07 Å². The van der Waals surface area contributed by atoms with Crippen LogP contribution in [0, 0.1) is 19.7 Å². The van der Waals surface area contributed by atoms with E-state index in [0.717, 1.165) is 16.5 Å². The monoisotopic (exact) mass is 324 g/mol. The third-order valence-corrected chi connectivity index (χ3v) is 3.83. The van der Waals surface area contributed by atoms with Crippen LogP contribution in [0.1, 0.15) is 21.6 Å². The van der Waals surface area contributed by atoms with Gasteiger partial charge < -0.3 is 10.1 Å². The summed E-state index contributed by atoms with van der Waals surface area (Å²) in [6.07, 6.45) is 0. The number of nitrogens with one attached hydrogen (secondary N) is 1. The van der Waals surface area contributed by atoms with Crippen molar-refractivity contribution < 1.29 is 13.9 Å². The van der Waals surface area contributed by atoms with Crippen LogP contribution in [0.3, 0.4) is 0 Å². The molecule has 4 nitrogen and oxygen atoms in total. The van der Waals surface area contributed by atoms with Crippen molar-refractivity contribution in [3.63, 3.8) is 0 Å². The van der Waals surface area contributed by atoms with Gasteiger partial charge in [-0.2, -0.15) is 0 Å². The van der Waals surface area contributed by atoms with Crippen LogP contribution < -0.4 is 10.1 Å². The van der Waals surface area contributed by atoms with Crippen molar-refractivity contribution in [3.8, 4) is 5.75 Å². The summed E-state index contributed by atoms with van der Waals surface area (Å²) >= 11 is 0. The number of aromatic nitrogens is 1. The minimum absolute atomic E-state index is 0.161. The molecule has 3 aromatic rings. The van der Waals surface area contributed by atoms with Gasteiger partial charge in [-0.3, -0.25) is 9.78 Å². The molecule has 0 spiro atoms. The van der Waals surface area contributed by atoms with Gasteiger partial charge in [-0.25, -0.2) is 4.39 Å². The predicted octanol–water partition coefficient (Wildman–Crippen LogP) is 4.25. The number of nitrogens with zero attached hydrogens (tertiary/aromatic N) is 1. The second-order valence-electron chi connectivity index (χ2n) is 5.62. The maximum Gasteiger partial charge on any atom is 0.257 e. The van der Waals surface area contributed by atoms with Crippen molar-refractivity contribution in [2.24, 2.45) is 0 Å². The summed E-state index contributed by atoms with van der Waals surface area (Å²) in [6.45, 7) is 3.59. The lowest BCUT2D eigenvalue weighted by Crippen LogP contribution is -2.15. The number of fused-ring (bicyclic) bond motifs is 1. The molecule has 0 bridgehead atoms. The van der Waals surface area contributed by atoms with Crippen molar-refractivity contribution in [3.05, 3.63) is 65.1 Å². The smallest absolute Gasteiger partial charge is 0.257 e. The molecule has 1 N–H and O–H groups in total. The number of carbonyl (C=O) groups excluding carboxylic acids is 1. The predicted molar refractivity (Wildman–Crippen MR) is 92.1 cm³/mol. The summed E-state index contributed by atoms with van der Waals surface area (Å²) in [5.74, 6) is -0.152. The highest BCUT2D eigenvalue weighted by molar-refractivity contribution is 6.06. The van der Waals surface area contributed by atoms with Gasteiger partial charge in [0.2, 0.25) is 0 Å². The van der Waals surface area contributed by atoms with Gasteiger partial charge in [0.25, 0.3) is 5.91 Å². The number of ether oxygens (including phenoxy) is 1. The van der Waals surface area contributed by atoms with Gasteiger partial charge in [-0.05, 0) is 49.7 Å². The topological polar surface area (TPSA) is 51.2 Å². The molecule has 3 rings (SSSR count). The number of pyridine rings is 1. The van der Waals surface area contributed by atoms with Crippen molar-refractivity contribution >= 4 is 22.5 Å². The van der Waals surface area contributed by atoms with Crippen molar-refractivity contribution in [2.75, 3.05) is 12.4 Å². The van der Waals surface area contributed by atoms with Crippen LogP contribution in [0.5, 0.6) is 5.75 Å². The van der Waals surface area contributed by atoms with Crippen molar-refractivity contribution in [2.45, 2.75) is 13.8 Å². The number of halogens is 1. The Hall–Kier alpha value is -2.95. The first kappa shape index (κ1) is 15.9. The maximum absolute atomic E-state index is 13.8. The third kappa shape index (κ3) is 3.06. The molecule has 0 unspecified atom stereocenters. The number of methoxy groups -OCH3 is 1. The molecule has 1 amide bonds. The Morgan fingerprint density at radius 1 is 1.12 bits per heavy atom. The van der Waals surface area contributed by atoms with E-state index in [0.29, 0.717) is 17.0 Å². The number of benzene rings is 2. The molecule has 0 atom stereocenters. The lowest BCUT2D eigenvalue weighted by molar-refractivity contribution is 0.102. The molecular formula is C19H17FN2O2. The van der Waals surface area contributed by atoms with Crippen LogP contribution in [0.4, 0.5) is 10.1 Å². The first-order chi connectivity index (χ1) is 11.5. The van der Waals surface area contributed by atoms with Gasteiger partial charge in [0.05, 0.1) is 29.6 Å². The lowest BCUT2D eigenvalue weighted by Gasteiger charge is -2.10. The molecule has 2 aromatic carbocycles. The van der Waals surface area contributed by atoms with Gasteiger partial charge in [0.1, 0.15) is 11.6 Å². The zero-order valence-corrected chi connectivity index (χ0v) is 13.7. The van der Waals surface area contributed by atoms with E-state index in [4.69, 9.17) is 4.74 Å². The Morgan fingerprint density at radius 3 is 2.67 bits per heavy atom. The van der Waals surface area contributed by atoms with E-state index in [1.54, 1.807) is 38.3 Å². The van der Waals surface area contributed by atoms with Gasteiger partial charge in [-0.1, -0.05) is 6.07 Å². The van der Waals surface area contributed by atoms with Crippen molar-refractivity contribution in [1.82, 2.24) is 4.98 Å². The molecule has 0 aliphatic heterocycles. The molecular weight excluding hydrogens is 307 g/mol. The Balaban J connectivity index is 1.97. The number of rotatable bonds is 3. The zero-order valence-electron chi connectivity index (χ0n) is 13.7. The molecule has 0 saturated carbocycles. The highest BCUT2D eigenvalue weighted by atomic mass is 19.1. The number of amides is 1. The summed E-state index contributed by atoms with van der Waals surface area (Å²) in [6, 6.07) is 11.8. The van der Waals surface area contributed by atoms with Gasteiger partial charge in [0.15, 0.2) is 0 Å². The van der Waals surface area contributed by atoms with Crippen LogP contribution in [0.25, 0.3) is 10.9 Å². The molecule has 1 heterocycles. The third-order valence-electron chi connectivity index (χ3n) is 3.83. The second kappa shape index (κ2) is 6.28. The average Bonchev–Trinajstić information content (AvgIpc) is 2.56. The largest absolute Gasteiger partial charge is 0.497 e. The normalized spacial score (nSPS) is 10.7. The van der Waals surface area contributed by atoms with Gasteiger partial charge in [0, 0.05) is 11.5 Å². The standard InChI is InChI=1S/C19H17FN2O2/c1-11-4-7-16(20)18(8-11)22-19(23)15-9-13-5-6-14(24-3)10-17(13)21-12(15)2/h4-10H,1-3H3,(H,22,23). The molecule has 1 aromatic heterocycles. The molecule has 122 valence electrons. The fraction of sp³-hybridized carbons (Fsp3) is 0.158. The van der Waals surface area contributed by atoms with Crippen molar-refractivity contribution in [1.29, 1.82) is 0 Å². The molecule has 24 heavy (non-hydrogen) atoms. The minimum Gasteiger partial charge on any atom is -0.497 e. The number of anilines is 1. The fourth-order valence-electron chi connectivity index (χ4n) is 2.52. The zero-order chi connectivity index (χ0) is 17.3. The number of hydrogen-bond acceptors (Lipinski definition) is 3. The Morgan fingerprint density at radius 2 is 1.92 bits per heavy atom. The van der Waals surface area contributed by atoms with E-state index in [1.807, 2.05) is 19.1 Å². The number of aryl methyl sites for hydroxylation is 2. The van der Waals surface area contributed by atoms with Crippen LogP contribution in [0.2, 0.25) is 0 Å². The molecule has 5 heteroatoms. The summed E-state index contributed by atoms with van der Waals surface area (Å²) in [4.78, 5) is 17.0. The second-order valence-corrected chi connectivity index (χ2v) is 5.62. The number of carbonyl (C=O) groups is 1. The van der Waals surface area contributed by atoms with E-state index >= 15 is 0 Å². The van der Waals surface area contributed by atoms with E-state index in [9.17, 15) is 9.18 Å². The average molecular weight is 324 g/mol. The number of hydrogen-bond donors (Lipinski definition) is 1. The van der Waals surface area contributed by atoms with Crippen LogP contribution in [-0.4, -0.2) is 18.0 Å². The fourth-order valence-corrected chi connectivity index (χ4v) is 2.52. The van der Waals surface area contributed by atoms with E-state index in [-0.39, 0.29) is 11.6 Å². The highest BCUT2D eigenvalue weighted by Crippen LogP contribution is 2.23. The summed E-state index contributed by atoms with van der Waals surface area (Å²) in [7, 11) is 1.59. The Kier molecular flexibility index (Phi) is 4.16. The molecule has 0 radical (unpaired) electrons. The van der Waals surface area contributed by atoms with Gasteiger partial charge >= 0.3 is 0 Å². The Labute approximate surface area is 139 Å². The lowest BCUT2D eigenvalue weighted by atomic mass is 10.1. The summed E-state index contributed by atoms with van der Waals surface area (Å²) < 4.78 is 19.0. The first-order valence-corrected chi connectivity index (χ1v) is 7.51. The minimum atomic E-state index is -0.468. The molecule has 0 aliphatic rings. The molecule has 0 aliphatic carbocycles. The highest BCUT2D eigenvalue weighted by Gasteiger charge is 2.14. The Bertz CT molecular complexity index is 938. The van der Waals surface area contributed by atoms with E-state index in [2.05, 4.69) is 10.3 Å². The van der Waals surface area contributed by atoms with Crippen LogP contribution in [0.15, 0.2) is 42.5 Å². The SMILES string of the molecule is COc1ccc2cc(C(=O)Nc3cc(C)ccc3F)c(C)nc2c1. The van der Waals surface area contributed by atoms with E-state index < -0.39 is 5.82 Å². The summed E-state index contributed by atoms with van der Waals surface area (Å²) in [5, 5.41) is 3.43. The van der Waals surface area contributed by atoms with Crippen LogP contribution in [-0.2, 0) is 0 Å². The maximum atomic E-state index is 13.8. The van der Waals surface area contributed by atoms with Crippen LogP contribution >= 0.6 is 0 Å². The molecule has 0 saturated heterocycles. The first-order valence-electron chi connectivity index (χ1n) is 7.51. The molecule has 0 fully saturated rings. The quantitative estimate of drug-likeness (QED) is 0.783. The summed E-state index contributed by atoms with van der Waals surface area (Å²) in [5.41, 5.74) is 2.75. The van der Waals surface area contributed by atoms with Gasteiger partial charge in [-0.15, -0.1) is 0 Å².